The van der Waals surface area contributed by atoms with Crippen molar-refractivity contribution in [1.29, 1.82) is 5.41 Å². The monoisotopic (exact) mass is 1630 g/mol. The van der Waals surface area contributed by atoms with E-state index in [-0.39, 0.29) is 97.2 Å². The van der Waals surface area contributed by atoms with E-state index in [1.165, 1.54) is 30.5 Å². The number of hydrogen-bond donors (Lipinski definition) is 13. The number of allylic oxidation sites excluding steroid dienone is 4. The number of thioether (sulfide) groups is 1. The number of methoxy groups -OCH3 is 1. The van der Waals surface area contributed by atoms with Crippen molar-refractivity contribution in [3.05, 3.63) is 111 Å². The van der Waals surface area contributed by atoms with E-state index < -0.39 is 186 Å². The van der Waals surface area contributed by atoms with Crippen LogP contribution in [-0.4, -0.2) is 226 Å². The summed E-state index contributed by atoms with van der Waals surface area (Å²) >= 11 is 0.880. The average molecular weight is 1630 g/mol. The predicted molar refractivity (Wildman–Crippen MR) is 417 cm³/mol. The SMILES string of the molecule is CO[C@@H](/C(C)=C/C=C/C(C)=C/c1coc(C)n1)[C@@H](C)[C@@H]1C[C@H](O[Si](C)(C)CCCS(=O)(=O)CCSCC(NC(=O)C(CC(=O)O)NC(=O)C(CCCNC(=N)N)NC(=O)CCC(NC(=O)c2ccc(NCc3cnc4nc(N)[nH]c(=O)c4n3)cc2)C(=O)O)C(=O)O)[C@@]2(C)O[C@@H]2/C=C/[C@@H](C)[C@H]2C[C@H](CC(=O)O2)C[C@@H]2O[C@H]2C(=O)O1. The quantitative estimate of drug-likeness (QED) is 0.00439. The van der Waals surface area contributed by atoms with Gasteiger partial charge in [-0.2, -0.15) is 16.7 Å². The van der Waals surface area contributed by atoms with Crippen LogP contribution in [0.5, 0.6) is 0 Å². The molecule has 4 aliphatic rings. The van der Waals surface area contributed by atoms with Gasteiger partial charge in [0.1, 0.15) is 60.0 Å². The fourth-order valence-corrected chi connectivity index (χ4v) is 18.8. The van der Waals surface area contributed by atoms with Crippen LogP contribution in [-0.2, 0) is 82.8 Å². The number of fused-ring (bicyclic) bond motifs is 5. The number of esters is 2. The summed E-state index contributed by atoms with van der Waals surface area (Å²) in [4.78, 5) is 150. The van der Waals surface area contributed by atoms with Gasteiger partial charge in [-0.15, -0.1) is 0 Å². The summed E-state index contributed by atoms with van der Waals surface area (Å²) in [5.74, 6) is -11.6. The standard InChI is InChI=1S/C74H102N14O22S2Si/c1-39(29-47-37-105-43(5)81-47)13-10-14-41(3)62(104-7)42(4)54-34-57(74(6)56(109-74)22-16-40(2)53-30-44(32-60(92)106-53)31-55-63(107-55)71(101)108-54)110-113(8,9)28-12-26-112(102,103)27-25-111-38-52(70(99)100)86-67(95)51(33-59(90)91)85-66(94)49(15-11-24-78-72(75)76)83-58(89)23-21-50(69(97)98)84-65(93)45-17-19-46(20-18-45)79-35-48-36-80-64-61(82-48)68(96)88-73(77)87-64/h10,13-14,16-20,22,29,36-37,40,42,44,49-57,62-63,79H,11-12,15,21,23-28,30-35,38H2,1-9H3,(H,83,89)(H,84,93)(H,85,94)(H,86,95)(H,90,91)(H,97,98)(H,99,100)(H4,75,76,78)(H3,77,80,87,88,96)/b13-10+,22-16+,39-29+,41-14+/t40-,42+,44+,49?,50?,51?,52?,53-,54+,55+,56-,57+,62+,63-,74+/m1/s1. The van der Waals surface area contributed by atoms with E-state index in [9.17, 15) is 71.7 Å². The molecule has 0 radical (unpaired) electrons. The zero-order valence-electron chi connectivity index (χ0n) is 64.4. The number of nitrogens with two attached hydrogens (primary N) is 2. The lowest BCUT2D eigenvalue weighted by molar-refractivity contribution is -0.159. The first kappa shape index (κ1) is 88.6. The van der Waals surface area contributed by atoms with Crippen LogP contribution in [0.25, 0.3) is 17.2 Å². The first-order valence-electron chi connectivity index (χ1n) is 37.1. The van der Waals surface area contributed by atoms with Gasteiger partial charge in [-0.25, -0.2) is 37.8 Å². The Kier molecular flexibility index (Phi) is 31.5. The number of carboxylic acids is 3. The molecule has 3 saturated heterocycles. The number of sulfone groups is 1. The van der Waals surface area contributed by atoms with Gasteiger partial charge in [0.05, 0.1) is 54.7 Å². The van der Waals surface area contributed by atoms with Gasteiger partial charge in [-0.05, 0) is 126 Å². The smallest absolute Gasteiger partial charge is 0.338 e. The van der Waals surface area contributed by atoms with Crippen molar-refractivity contribution in [3.8, 4) is 0 Å². The lowest BCUT2D eigenvalue weighted by Gasteiger charge is -2.37. The van der Waals surface area contributed by atoms with E-state index in [4.69, 9.17) is 49.4 Å². The fourth-order valence-electron chi connectivity index (χ4n) is 13.4. The van der Waals surface area contributed by atoms with Crippen LogP contribution >= 0.6 is 11.8 Å². The van der Waals surface area contributed by atoms with E-state index >= 15 is 0 Å². The molecule has 15 N–H and O–H groups in total. The van der Waals surface area contributed by atoms with Crippen LogP contribution < -0.4 is 48.9 Å². The Labute approximate surface area is 657 Å². The Morgan fingerprint density at radius 2 is 1.60 bits per heavy atom. The fraction of sp³-hybridized carbons (Fsp3) is 0.554. The number of carbonyl (C=O) groups is 9. The first-order valence-corrected chi connectivity index (χ1v) is 43.1. The Bertz CT molecular complexity index is 4420. The van der Waals surface area contributed by atoms with Gasteiger partial charge in [-0.3, -0.25) is 44.0 Å². The van der Waals surface area contributed by atoms with Gasteiger partial charge in [0.2, 0.25) is 23.7 Å². The van der Waals surface area contributed by atoms with Crippen LogP contribution in [0.3, 0.4) is 0 Å². The number of nitrogen functional groups attached to an aromatic ring is 1. The van der Waals surface area contributed by atoms with Gasteiger partial charge in [-0.1, -0.05) is 44.2 Å². The number of aromatic amines is 1. The number of hydrogen-bond acceptors (Lipinski definition) is 27. The summed E-state index contributed by atoms with van der Waals surface area (Å²) in [6.07, 6.45) is 9.45. The summed E-state index contributed by atoms with van der Waals surface area (Å²) in [7, 11) is -5.12. The lowest BCUT2D eigenvalue weighted by atomic mass is 9.84. The Morgan fingerprint density at radius 1 is 0.894 bits per heavy atom. The number of guanidine groups is 1. The highest BCUT2D eigenvalue weighted by Gasteiger charge is 2.60. The number of anilines is 2. The van der Waals surface area contributed by atoms with Crippen molar-refractivity contribution in [2.45, 2.75) is 204 Å². The molecule has 0 aliphatic carbocycles. The molecule has 0 spiro atoms. The van der Waals surface area contributed by atoms with Crippen molar-refractivity contribution in [1.82, 2.24) is 51.5 Å². The van der Waals surface area contributed by atoms with E-state index in [0.29, 0.717) is 41.9 Å². The predicted octanol–water partition coefficient (Wildman–Crippen LogP) is 3.97. The molecule has 7 heterocycles. The molecule has 2 bridgehead atoms. The van der Waals surface area contributed by atoms with E-state index in [1.54, 1.807) is 20.3 Å². The summed E-state index contributed by atoms with van der Waals surface area (Å²) in [5, 5.41) is 52.5. The molecule has 4 amide bonds. The van der Waals surface area contributed by atoms with E-state index in [2.05, 4.69) is 56.8 Å². The number of rotatable bonds is 39. The molecular formula is C74H102N14O22S2Si. The summed E-state index contributed by atoms with van der Waals surface area (Å²) in [5.41, 5.74) is 12.8. The molecule has 3 fully saturated rings. The molecule has 1 aromatic carbocycles. The number of H-pyrrole nitrogens is 1. The number of nitrogens with one attached hydrogen (secondary N) is 8. The number of cyclic esters (lactones) is 1. The van der Waals surface area contributed by atoms with Crippen LogP contribution in [0.1, 0.15) is 126 Å². The number of aliphatic carboxylic acids is 3. The van der Waals surface area contributed by atoms with Gasteiger partial charge in [0, 0.05) is 74.4 Å². The molecule has 4 unspecified atom stereocenters. The number of oxazole rings is 1. The highest BCUT2D eigenvalue weighted by molar-refractivity contribution is 8.00. The summed E-state index contributed by atoms with van der Waals surface area (Å²) in [6, 6.07) is -0.642. The minimum atomic E-state index is -3.81. The van der Waals surface area contributed by atoms with Crippen LogP contribution in [0.4, 0.5) is 11.6 Å². The Balaban J connectivity index is 0.850. The maximum Gasteiger partial charge on any atom is 0.338 e. The van der Waals surface area contributed by atoms with Crippen molar-refractivity contribution in [2.24, 2.45) is 23.5 Å². The van der Waals surface area contributed by atoms with Crippen LogP contribution in [0.2, 0.25) is 19.1 Å². The zero-order chi connectivity index (χ0) is 82.6. The minimum Gasteiger partial charge on any atom is -0.481 e. The molecule has 8 rings (SSSR count). The number of aryl methyl sites for hydroxylation is 1. The third-order valence-electron chi connectivity index (χ3n) is 19.8. The summed E-state index contributed by atoms with van der Waals surface area (Å²) < 4.78 is 71.0. The van der Waals surface area contributed by atoms with Crippen molar-refractivity contribution < 1.29 is 99.4 Å². The van der Waals surface area contributed by atoms with Gasteiger partial charge in [0.15, 0.2) is 47.3 Å². The van der Waals surface area contributed by atoms with E-state index in [0.717, 1.165) is 22.9 Å². The molecule has 3 aromatic heterocycles. The average Bonchev–Trinajstić information content (AvgIpc) is 1.59. The number of ether oxygens (including phenoxy) is 5. The number of epoxide rings is 2. The van der Waals surface area contributed by atoms with E-state index in [1.807, 2.05) is 84.2 Å². The number of amides is 4. The largest absolute Gasteiger partial charge is 0.481 e. The van der Waals surface area contributed by atoms with Crippen molar-refractivity contribution in [2.75, 3.05) is 47.7 Å². The van der Waals surface area contributed by atoms with Crippen LogP contribution in [0, 0.1) is 30.1 Å². The van der Waals surface area contributed by atoms with Crippen molar-refractivity contribution >= 4 is 118 Å². The third-order valence-corrected chi connectivity index (χ3v) is 25.3. The lowest BCUT2D eigenvalue weighted by Crippen LogP contribution is -2.56. The third kappa shape index (κ3) is 27.1. The summed E-state index contributed by atoms with van der Waals surface area (Å²) in [6.45, 7) is 15.5. The van der Waals surface area contributed by atoms with Crippen LogP contribution in [0.15, 0.2) is 87.5 Å². The number of nitrogens with zero attached hydrogens (tertiary/aromatic N) is 4. The minimum absolute atomic E-state index is 0.00324. The molecule has 39 heteroatoms. The maximum atomic E-state index is 14.3. The number of aromatic nitrogens is 5. The first-order chi connectivity index (χ1) is 53.4. The highest BCUT2D eigenvalue weighted by atomic mass is 32.2. The molecule has 36 nitrogen and oxygen atoms in total. The number of benzene rings is 1. The van der Waals surface area contributed by atoms with Gasteiger partial charge in [0.25, 0.3) is 11.5 Å². The second kappa shape index (κ2) is 40.2. The normalized spacial score (nSPS) is 23.3. The molecule has 0 saturated carbocycles. The number of carbonyl (C=O) groups excluding carboxylic acids is 6. The molecular weight excluding hydrogens is 1530 g/mol. The Morgan fingerprint density at radius 3 is 2.28 bits per heavy atom. The zero-order valence-corrected chi connectivity index (χ0v) is 67.0. The second-order valence-electron chi connectivity index (χ2n) is 29.5. The topological polar surface area (TPSA) is 556 Å². The molecule has 616 valence electrons. The van der Waals surface area contributed by atoms with Gasteiger partial charge >= 0.3 is 29.8 Å². The van der Waals surface area contributed by atoms with Gasteiger partial charge < -0.3 is 91.2 Å². The highest BCUT2D eigenvalue weighted by Crippen LogP contribution is 2.47. The Hall–Kier alpha value is -9.93. The molecule has 4 aliphatic heterocycles. The molecule has 113 heavy (non-hydrogen) atoms. The molecule has 4 aromatic rings. The van der Waals surface area contributed by atoms with Crippen molar-refractivity contribution in [3.63, 3.8) is 0 Å². The molecule has 15 atom stereocenters. The number of carboxylic acid groups (broad SMARTS) is 3. The maximum absolute atomic E-state index is 14.3. The second-order valence-corrected chi connectivity index (χ2v) is 37.2.